The molecule has 0 atom stereocenters. The van der Waals surface area contributed by atoms with E-state index in [2.05, 4.69) is 14.9 Å². The fourth-order valence-corrected chi connectivity index (χ4v) is 0.911. The molecule has 1 heterocycles. The van der Waals surface area contributed by atoms with E-state index in [9.17, 15) is 4.39 Å². The zero-order valence-electron chi connectivity index (χ0n) is 6.07. The third-order valence-corrected chi connectivity index (χ3v) is 1.50. The summed E-state index contributed by atoms with van der Waals surface area (Å²) in [6.45, 7) is 0. The van der Waals surface area contributed by atoms with Crippen LogP contribution in [0, 0.1) is 5.82 Å². The predicted octanol–water partition coefficient (Wildman–Crippen LogP) is 1.88. The molecule has 0 spiro atoms. The normalized spacial score (nSPS) is 10.1. The van der Waals surface area contributed by atoms with Gasteiger partial charge in [-0.2, -0.15) is 0 Å². The molecular weight excluding hydrogens is 159 g/mol. The average Bonchev–Trinajstić information content (AvgIpc) is 2.58. The highest BCUT2D eigenvalue weighted by Crippen LogP contribution is 2.15. The van der Waals surface area contributed by atoms with Gasteiger partial charge < -0.3 is 4.52 Å². The molecule has 4 heteroatoms. The minimum Gasteiger partial charge on any atom is -0.345 e. The Morgan fingerprint density at radius 1 is 1.17 bits per heavy atom. The van der Waals surface area contributed by atoms with Gasteiger partial charge in [0.15, 0.2) is 6.26 Å². The first kappa shape index (κ1) is 6.97. The van der Waals surface area contributed by atoms with Crippen molar-refractivity contribution < 1.29 is 8.91 Å². The fraction of sp³-hybridized carbons (Fsp3) is 0. The second-order valence-corrected chi connectivity index (χ2v) is 2.30. The molecule has 0 fully saturated rings. The van der Waals surface area contributed by atoms with Gasteiger partial charge in [-0.3, -0.25) is 0 Å². The Bertz CT molecular complexity index is 355. The van der Waals surface area contributed by atoms with Gasteiger partial charge in [-0.1, -0.05) is 0 Å². The summed E-state index contributed by atoms with van der Waals surface area (Å²) in [5, 5.41) is 6.98. The Morgan fingerprint density at radius 2 is 1.92 bits per heavy atom. The quantitative estimate of drug-likeness (QED) is 0.645. The predicted molar refractivity (Wildman–Crippen MR) is 39.7 cm³/mol. The van der Waals surface area contributed by atoms with Crippen molar-refractivity contribution >= 4 is 0 Å². The first-order chi connectivity index (χ1) is 5.86. The Labute approximate surface area is 67.8 Å². The van der Waals surface area contributed by atoms with Crippen LogP contribution in [0.5, 0.6) is 0 Å². The fourth-order valence-electron chi connectivity index (χ4n) is 0.911. The lowest BCUT2D eigenvalue weighted by atomic mass is 10.2. The number of benzene rings is 1. The number of halogens is 1. The summed E-state index contributed by atoms with van der Waals surface area (Å²) in [6, 6.07) is 5.97. The average molecular weight is 164 g/mol. The smallest absolute Gasteiger partial charge is 0.152 e. The molecule has 0 aliphatic rings. The van der Waals surface area contributed by atoms with E-state index in [0.717, 1.165) is 5.56 Å². The van der Waals surface area contributed by atoms with Gasteiger partial charge in [-0.25, -0.2) is 4.39 Å². The van der Waals surface area contributed by atoms with Crippen molar-refractivity contribution in [2.45, 2.75) is 0 Å². The van der Waals surface area contributed by atoms with E-state index >= 15 is 0 Å². The molecule has 12 heavy (non-hydrogen) atoms. The summed E-state index contributed by atoms with van der Waals surface area (Å²) in [4.78, 5) is 0. The molecule has 0 saturated carbocycles. The Morgan fingerprint density at radius 3 is 2.50 bits per heavy atom. The summed E-state index contributed by atoms with van der Waals surface area (Å²) in [6.07, 6.45) is 1.41. The zero-order chi connectivity index (χ0) is 8.39. The lowest BCUT2D eigenvalue weighted by Crippen LogP contribution is -1.78. The van der Waals surface area contributed by atoms with E-state index in [1.54, 1.807) is 12.1 Å². The van der Waals surface area contributed by atoms with E-state index < -0.39 is 0 Å². The molecule has 0 N–H and O–H groups in total. The molecule has 0 saturated heterocycles. The first-order valence-electron chi connectivity index (χ1n) is 3.39. The molecule has 0 bridgehead atoms. The number of nitrogens with zero attached hydrogens (tertiary/aromatic N) is 2. The van der Waals surface area contributed by atoms with Gasteiger partial charge in [-0.15, -0.1) is 5.10 Å². The van der Waals surface area contributed by atoms with Gasteiger partial charge >= 0.3 is 0 Å². The third kappa shape index (κ3) is 1.18. The summed E-state index contributed by atoms with van der Waals surface area (Å²) in [5.74, 6) is -0.268. The molecule has 0 unspecified atom stereocenters. The molecule has 60 valence electrons. The number of hydrogen-bond donors (Lipinski definition) is 0. The summed E-state index contributed by atoms with van der Waals surface area (Å²) in [7, 11) is 0. The molecule has 3 nitrogen and oxygen atoms in total. The van der Waals surface area contributed by atoms with Crippen LogP contribution in [0.4, 0.5) is 4.39 Å². The van der Waals surface area contributed by atoms with Gasteiger partial charge in [0.1, 0.15) is 11.5 Å². The van der Waals surface area contributed by atoms with Gasteiger partial charge in [0.25, 0.3) is 0 Å². The van der Waals surface area contributed by atoms with E-state index in [1.807, 2.05) is 0 Å². The zero-order valence-corrected chi connectivity index (χ0v) is 6.07. The summed E-state index contributed by atoms with van der Waals surface area (Å²) in [5.41, 5.74) is 1.40. The standard InChI is InChI=1S/C8H5FN2O/c9-7-3-1-6(2-4-7)8-5-12-11-10-8/h1-5H. The molecule has 2 aromatic rings. The van der Waals surface area contributed by atoms with Crippen LogP contribution in [0.3, 0.4) is 0 Å². The molecule has 0 radical (unpaired) electrons. The second kappa shape index (κ2) is 2.73. The Hall–Kier alpha value is -1.71. The Kier molecular flexibility index (Phi) is 1.59. The van der Waals surface area contributed by atoms with Crippen molar-refractivity contribution in [2.24, 2.45) is 0 Å². The van der Waals surface area contributed by atoms with E-state index in [1.165, 1.54) is 18.4 Å². The van der Waals surface area contributed by atoms with Crippen LogP contribution in [-0.4, -0.2) is 10.4 Å². The van der Waals surface area contributed by atoms with Crippen LogP contribution < -0.4 is 0 Å². The van der Waals surface area contributed by atoms with Crippen LogP contribution in [0.1, 0.15) is 0 Å². The van der Waals surface area contributed by atoms with Crippen molar-refractivity contribution in [3.63, 3.8) is 0 Å². The third-order valence-electron chi connectivity index (χ3n) is 1.50. The van der Waals surface area contributed by atoms with Gasteiger partial charge in [0.05, 0.1) is 0 Å². The van der Waals surface area contributed by atoms with Crippen LogP contribution in [-0.2, 0) is 0 Å². The largest absolute Gasteiger partial charge is 0.345 e. The molecule has 0 aliphatic heterocycles. The second-order valence-electron chi connectivity index (χ2n) is 2.30. The van der Waals surface area contributed by atoms with Crippen LogP contribution in [0.2, 0.25) is 0 Å². The van der Waals surface area contributed by atoms with Crippen LogP contribution in [0.25, 0.3) is 11.3 Å². The molecule has 1 aromatic heterocycles. The van der Waals surface area contributed by atoms with E-state index in [-0.39, 0.29) is 5.82 Å². The van der Waals surface area contributed by atoms with Gasteiger partial charge in [-0.05, 0) is 24.3 Å². The number of rotatable bonds is 1. The number of hydrogen-bond acceptors (Lipinski definition) is 3. The molecular formula is C8H5FN2O. The number of aromatic nitrogens is 2. The molecule has 0 amide bonds. The minimum absolute atomic E-state index is 0.268. The molecule has 2 rings (SSSR count). The van der Waals surface area contributed by atoms with Crippen molar-refractivity contribution in [3.05, 3.63) is 36.3 Å². The molecule has 1 aromatic carbocycles. The SMILES string of the molecule is Fc1ccc(-c2conn2)cc1. The highest BCUT2D eigenvalue weighted by molar-refractivity contribution is 5.56. The van der Waals surface area contributed by atoms with Crippen LogP contribution in [0.15, 0.2) is 35.1 Å². The summed E-state index contributed by atoms with van der Waals surface area (Å²) >= 11 is 0. The minimum atomic E-state index is -0.268. The van der Waals surface area contributed by atoms with Crippen molar-refractivity contribution in [1.82, 2.24) is 10.4 Å². The lowest BCUT2D eigenvalue weighted by molar-refractivity contribution is 0.393. The van der Waals surface area contributed by atoms with E-state index in [4.69, 9.17) is 0 Å². The molecule has 0 aliphatic carbocycles. The van der Waals surface area contributed by atoms with Crippen molar-refractivity contribution in [1.29, 1.82) is 0 Å². The maximum Gasteiger partial charge on any atom is 0.152 e. The topological polar surface area (TPSA) is 38.9 Å². The Balaban J connectivity index is 2.43. The monoisotopic (exact) mass is 164 g/mol. The van der Waals surface area contributed by atoms with Crippen LogP contribution >= 0.6 is 0 Å². The summed E-state index contributed by atoms with van der Waals surface area (Å²) < 4.78 is 17.0. The van der Waals surface area contributed by atoms with Crippen molar-refractivity contribution in [3.8, 4) is 11.3 Å². The maximum atomic E-state index is 12.5. The lowest BCUT2D eigenvalue weighted by Gasteiger charge is -1.92. The van der Waals surface area contributed by atoms with Crippen molar-refractivity contribution in [2.75, 3.05) is 0 Å². The van der Waals surface area contributed by atoms with Gasteiger partial charge in [0, 0.05) is 10.8 Å². The van der Waals surface area contributed by atoms with E-state index in [0.29, 0.717) is 5.69 Å². The highest BCUT2D eigenvalue weighted by Gasteiger charge is 2.00. The maximum absolute atomic E-state index is 12.5. The highest BCUT2D eigenvalue weighted by atomic mass is 19.1. The first-order valence-corrected chi connectivity index (χ1v) is 3.39. The van der Waals surface area contributed by atoms with Gasteiger partial charge in [0.2, 0.25) is 0 Å².